The zero-order valence-corrected chi connectivity index (χ0v) is 19.1. The van der Waals surface area contributed by atoms with E-state index in [2.05, 4.69) is 4.72 Å². The molecule has 32 heavy (non-hydrogen) atoms. The third-order valence-corrected chi connectivity index (χ3v) is 9.97. The van der Waals surface area contributed by atoms with Crippen molar-refractivity contribution in [3.05, 3.63) is 127 Å². The highest BCUT2D eigenvalue weighted by molar-refractivity contribution is 7.89. The molecule has 1 N–H and O–H groups in total. The van der Waals surface area contributed by atoms with Crippen molar-refractivity contribution >= 4 is 27.8 Å². The first-order valence-electron chi connectivity index (χ1n) is 10.3. The van der Waals surface area contributed by atoms with E-state index in [-0.39, 0.29) is 11.1 Å². The molecule has 0 saturated heterocycles. The van der Waals surface area contributed by atoms with Crippen molar-refractivity contribution in [1.82, 2.24) is 4.72 Å². The Balaban J connectivity index is 1.79. The van der Waals surface area contributed by atoms with Gasteiger partial charge >= 0.3 is 0 Å². The maximum atomic E-state index is 14.6. The number of sulfonamides is 1. The molecule has 4 nitrogen and oxygen atoms in total. The molecule has 4 rings (SSSR count). The predicted octanol–water partition coefficient (Wildman–Crippen LogP) is 4.72. The summed E-state index contributed by atoms with van der Waals surface area (Å²) in [5.41, 5.74) is 0.763. The molecule has 0 bridgehead atoms. The van der Waals surface area contributed by atoms with Gasteiger partial charge in [0.1, 0.15) is 7.14 Å². The van der Waals surface area contributed by atoms with Crippen molar-refractivity contribution in [2.75, 3.05) is 6.16 Å². The molecular formula is C26H24NO3PS. The molecule has 0 aliphatic carbocycles. The second kappa shape index (κ2) is 9.66. The lowest BCUT2D eigenvalue weighted by molar-refractivity contribution is 0.560. The Morgan fingerprint density at radius 2 is 1.03 bits per heavy atom. The first kappa shape index (κ1) is 22.2. The normalized spacial score (nSPS) is 12.9. The zero-order chi connectivity index (χ0) is 22.4. The standard InChI is InChI=1S/C26H24NO3PS/c28-31(23-15-7-2-8-16-23,24-17-9-3-10-18-24)21-26(22-13-5-1-6-14-22)27-32(29,30)25-19-11-4-12-20-25/h1-20,26-27H,21H2/t26-/m0/s1. The van der Waals surface area contributed by atoms with Crippen LogP contribution in [0.15, 0.2) is 126 Å². The molecule has 0 spiro atoms. The van der Waals surface area contributed by atoms with Gasteiger partial charge in [-0.05, 0) is 17.7 Å². The first-order chi connectivity index (χ1) is 15.5. The van der Waals surface area contributed by atoms with Crippen LogP contribution >= 0.6 is 7.14 Å². The van der Waals surface area contributed by atoms with Crippen LogP contribution in [-0.4, -0.2) is 14.6 Å². The minimum Gasteiger partial charge on any atom is -0.314 e. The monoisotopic (exact) mass is 461 g/mol. The molecule has 0 aromatic heterocycles. The van der Waals surface area contributed by atoms with Crippen LogP contribution in [-0.2, 0) is 14.6 Å². The summed E-state index contributed by atoms with van der Waals surface area (Å²) < 4.78 is 43.8. The van der Waals surface area contributed by atoms with Crippen LogP contribution in [0.2, 0.25) is 0 Å². The van der Waals surface area contributed by atoms with Crippen molar-refractivity contribution < 1.29 is 13.0 Å². The fourth-order valence-corrected chi connectivity index (χ4v) is 7.92. The van der Waals surface area contributed by atoms with Crippen LogP contribution in [0, 0.1) is 0 Å². The van der Waals surface area contributed by atoms with E-state index in [1.54, 1.807) is 30.3 Å². The van der Waals surface area contributed by atoms with E-state index < -0.39 is 23.2 Å². The largest absolute Gasteiger partial charge is 0.314 e. The molecule has 4 aromatic rings. The zero-order valence-electron chi connectivity index (χ0n) is 17.4. The summed E-state index contributed by atoms with van der Waals surface area (Å²) >= 11 is 0. The van der Waals surface area contributed by atoms with Gasteiger partial charge < -0.3 is 4.57 Å². The smallest absolute Gasteiger partial charge is 0.241 e. The maximum Gasteiger partial charge on any atom is 0.241 e. The van der Waals surface area contributed by atoms with E-state index in [1.807, 2.05) is 91.0 Å². The molecule has 0 saturated carbocycles. The van der Waals surface area contributed by atoms with Gasteiger partial charge in [0.15, 0.2) is 0 Å². The van der Waals surface area contributed by atoms with Crippen molar-refractivity contribution in [1.29, 1.82) is 0 Å². The van der Waals surface area contributed by atoms with E-state index in [9.17, 15) is 13.0 Å². The van der Waals surface area contributed by atoms with Crippen LogP contribution < -0.4 is 15.3 Å². The highest BCUT2D eigenvalue weighted by Crippen LogP contribution is 2.46. The van der Waals surface area contributed by atoms with E-state index >= 15 is 0 Å². The third kappa shape index (κ3) is 4.91. The molecule has 0 aliphatic heterocycles. The Bertz CT molecular complexity index is 1250. The molecule has 0 aliphatic rings. The van der Waals surface area contributed by atoms with Crippen molar-refractivity contribution in [2.45, 2.75) is 10.9 Å². The van der Waals surface area contributed by atoms with E-state index in [4.69, 9.17) is 0 Å². The molecule has 0 fully saturated rings. The number of rotatable bonds is 8. The lowest BCUT2D eigenvalue weighted by Gasteiger charge is -2.26. The Kier molecular flexibility index (Phi) is 6.71. The van der Waals surface area contributed by atoms with E-state index in [1.165, 1.54) is 0 Å². The molecule has 162 valence electrons. The third-order valence-electron chi connectivity index (χ3n) is 5.34. The van der Waals surface area contributed by atoms with Gasteiger partial charge in [0, 0.05) is 16.8 Å². The Labute approximate surface area is 189 Å². The summed E-state index contributed by atoms with van der Waals surface area (Å²) in [6.45, 7) is 0. The highest BCUT2D eigenvalue weighted by atomic mass is 32.2. The lowest BCUT2D eigenvalue weighted by atomic mass is 10.1. The Hall–Kier alpha value is -2.98. The number of hydrogen-bond acceptors (Lipinski definition) is 3. The van der Waals surface area contributed by atoms with Crippen molar-refractivity contribution in [2.24, 2.45) is 0 Å². The number of hydrogen-bond donors (Lipinski definition) is 1. The molecule has 0 radical (unpaired) electrons. The quantitative estimate of drug-likeness (QED) is 0.386. The van der Waals surface area contributed by atoms with Crippen LogP contribution in [0.5, 0.6) is 0 Å². The Morgan fingerprint density at radius 3 is 1.50 bits per heavy atom. The van der Waals surface area contributed by atoms with E-state index in [0.717, 1.165) is 5.56 Å². The molecule has 0 heterocycles. The van der Waals surface area contributed by atoms with Crippen LogP contribution in [0.1, 0.15) is 11.6 Å². The summed E-state index contributed by atoms with van der Waals surface area (Å²) in [6, 6.07) is 35.5. The summed E-state index contributed by atoms with van der Waals surface area (Å²) in [6.07, 6.45) is 0.122. The van der Waals surface area contributed by atoms with Gasteiger partial charge in [0.05, 0.1) is 10.9 Å². The van der Waals surface area contributed by atoms with Crippen molar-refractivity contribution in [3.8, 4) is 0 Å². The van der Waals surface area contributed by atoms with Crippen LogP contribution in [0.4, 0.5) is 0 Å². The minimum absolute atomic E-state index is 0.122. The molecule has 0 unspecified atom stereocenters. The molecule has 1 atom stereocenters. The second-order valence-corrected chi connectivity index (χ2v) is 12.1. The number of benzene rings is 4. The molecule has 0 amide bonds. The predicted molar refractivity (Wildman–Crippen MR) is 131 cm³/mol. The van der Waals surface area contributed by atoms with Gasteiger partial charge in [-0.15, -0.1) is 0 Å². The first-order valence-corrected chi connectivity index (χ1v) is 13.7. The van der Waals surface area contributed by atoms with Gasteiger partial charge in [-0.3, -0.25) is 0 Å². The average molecular weight is 462 g/mol. The number of nitrogens with one attached hydrogen (secondary N) is 1. The Morgan fingerprint density at radius 1 is 0.625 bits per heavy atom. The van der Waals surface area contributed by atoms with Gasteiger partial charge in [-0.25, -0.2) is 13.1 Å². The molecular weight excluding hydrogens is 437 g/mol. The second-order valence-electron chi connectivity index (χ2n) is 7.49. The fourth-order valence-electron chi connectivity index (χ4n) is 3.71. The van der Waals surface area contributed by atoms with Crippen LogP contribution in [0.3, 0.4) is 0 Å². The summed E-state index contributed by atoms with van der Waals surface area (Å²) in [5, 5.41) is 1.40. The summed E-state index contributed by atoms with van der Waals surface area (Å²) in [5.74, 6) is 0. The van der Waals surface area contributed by atoms with Crippen LogP contribution in [0.25, 0.3) is 0 Å². The molecule has 4 aromatic carbocycles. The van der Waals surface area contributed by atoms with Gasteiger partial charge in [-0.1, -0.05) is 109 Å². The maximum absolute atomic E-state index is 14.6. The summed E-state index contributed by atoms with van der Waals surface area (Å²) in [4.78, 5) is 0.176. The molecule has 6 heteroatoms. The average Bonchev–Trinajstić information content (AvgIpc) is 2.85. The fraction of sp³-hybridized carbons (Fsp3) is 0.0769. The lowest BCUT2D eigenvalue weighted by Crippen LogP contribution is -2.33. The SMILES string of the molecule is O=P(C[C@H](NS(=O)(=O)c1ccccc1)c1ccccc1)(c1ccccc1)c1ccccc1. The topological polar surface area (TPSA) is 63.2 Å². The van der Waals surface area contributed by atoms with E-state index in [0.29, 0.717) is 10.6 Å². The van der Waals surface area contributed by atoms with Crippen molar-refractivity contribution in [3.63, 3.8) is 0 Å². The van der Waals surface area contributed by atoms with Gasteiger partial charge in [0.25, 0.3) is 0 Å². The minimum atomic E-state index is -3.82. The highest BCUT2D eigenvalue weighted by Gasteiger charge is 2.33. The van der Waals surface area contributed by atoms with Gasteiger partial charge in [0.2, 0.25) is 10.0 Å². The summed E-state index contributed by atoms with van der Waals surface area (Å²) in [7, 11) is -6.97. The van der Waals surface area contributed by atoms with Gasteiger partial charge in [-0.2, -0.15) is 0 Å².